The molecule has 0 spiro atoms. The Morgan fingerprint density at radius 2 is 2.06 bits per heavy atom. The van der Waals surface area contributed by atoms with Gasteiger partial charge in [-0.2, -0.15) is 0 Å². The Kier molecular flexibility index (Phi) is 5.58. The van der Waals surface area contributed by atoms with Crippen LogP contribution in [0.1, 0.15) is 18.6 Å². The van der Waals surface area contributed by atoms with E-state index in [1.807, 2.05) is 6.07 Å². The molecule has 1 aromatic carbocycles. The summed E-state index contributed by atoms with van der Waals surface area (Å²) in [5.41, 5.74) is 0.567. The van der Waals surface area contributed by atoms with E-state index in [0.717, 1.165) is 4.47 Å². The lowest BCUT2D eigenvalue weighted by atomic mass is 10.0. The number of hydrogen-bond acceptors (Lipinski definition) is 3. The molecule has 4 nitrogen and oxygen atoms in total. The van der Waals surface area contributed by atoms with Crippen LogP contribution >= 0.6 is 31.9 Å². The van der Waals surface area contributed by atoms with E-state index < -0.39 is 12.2 Å². The van der Waals surface area contributed by atoms with E-state index in [1.54, 1.807) is 12.1 Å². The van der Waals surface area contributed by atoms with Crippen molar-refractivity contribution in [2.24, 2.45) is 0 Å². The Bertz CT molecular complexity index is 412. The number of aliphatic hydroxyl groups is 2. The van der Waals surface area contributed by atoms with Crippen LogP contribution < -0.4 is 5.32 Å². The predicted molar refractivity (Wildman–Crippen MR) is 71.5 cm³/mol. The van der Waals surface area contributed by atoms with Gasteiger partial charge in [-0.3, -0.25) is 4.79 Å². The summed E-state index contributed by atoms with van der Waals surface area (Å²) in [7, 11) is 0. The van der Waals surface area contributed by atoms with Crippen LogP contribution in [0.5, 0.6) is 0 Å². The Morgan fingerprint density at radius 3 is 2.65 bits per heavy atom. The Hall–Kier alpha value is -0.430. The van der Waals surface area contributed by atoms with Gasteiger partial charge in [0.15, 0.2) is 0 Å². The fourth-order valence-corrected chi connectivity index (χ4v) is 2.17. The van der Waals surface area contributed by atoms with Crippen LogP contribution in [-0.4, -0.2) is 28.8 Å². The van der Waals surface area contributed by atoms with E-state index in [-0.39, 0.29) is 12.5 Å². The number of amides is 1. The fraction of sp³-hybridized carbons (Fsp3) is 0.364. The van der Waals surface area contributed by atoms with Crippen LogP contribution in [0.4, 0.5) is 0 Å². The van der Waals surface area contributed by atoms with Gasteiger partial charge >= 0.3 is 0 Å². The van der Waals surface area contributed by atoms with Crippen molar-refractivity contribution >= 4 is 37.8 Å². The molecule has 2 unspecified atom stereocenters. The molecule has 6 heteroatoms. The van der Waals surface area contributed by atoms with E-state index in [2.05, 4.69) is 37.2 Å². The van der Waals surface area contributed by atoms with Crippen LogP contribution in [0.2, 0.25) is 0 Å². The largest absolute Gasteiger partial charge is 0.388 e. The zero-order valence-electron chi connectivity index (χ0n) is 9.15. The molecule has 0 heterocycles. The van der Waals surface area contributed by atoms with E-state index >= 15 is 0 Å². The third-order valence-electron chi connectivity index (χ3n) is 2.20. The van der Waals surface area contributed by atoms with Crippen molar-refractivity contribution in [3.8, 4) is 0 Å². The van der Waals surface area contributed by atoms with Gasteiger partial charge in [0.05, 0.1) is 0 Å². The molecular weight excluding hydrogens is 354 g/mol. The molecule has 0 saturated carbocycles. The second kappa shape index (κ2) is 6.49. The van der Waals surface area contributed by atoms with Crippen molar-refractivity contribution in [3.63, 3.8) is 0 Å². The van der Waals surface area contributed by atoms with Crippen molar-refractivity contribution in [3.05, 3.63) is 32.7 Å². The summed E-state index contributed by atoms with van der Waals surface area (Å²) in [4.78, 5) is 10.7. The van der Waals surface area contributed by atoms with E-state index in [9.17, 15) is 15.0 Å². The highest BCUT2D eigenvalue weighted by Gasteiger charge is 2.20. The number of carbonyl (C=O) groups excluding carboxylic acids is 1. The first-order valence-electron chi connectivity index (χ1n) is 4.97. The molecule has 0 radical (unpaired) electrons. The first-order valence-corrected chi connectivity index (χ1v) is 6.56. The number of benzene rings is 1. The molecule has 0 aliphatic heterocycles. The van der Waals surface area contributed by atoms with Gasteiger partial charge in [-0.05, 0) is 23.8 Å². The quantitative estimate of drug-likeness (QED) is 0.760. The van der Waals surface area contributed by atoms with Crippen LogP contribution in [0, 0.1) is 0 Å². The highest BCUT2D eigenvalue weighted by Crippen LogP contribution is 2.28. The molecule has 2 atom stereocenters. The SMILES string of the molecule is CC(=O)NCC(O)C(O)c1cc(Br)ccc1Br. The van der Waals surface area contributed by atoms with Gasteiger partial charge in [-0.25, -0.2) is 0 Å². The summed E-state index contributed by atoms with van der Waals surface area (Å²) in [6.07, 6.45) is -2.11. The maximum Gasteiger partial charge on any atom is 0.216 e. The molecule has 17 heavy (non-hydrogen) atoms. The zero-order valence-corrected chi connectivity index (χ0v) is 12.3. The average molecular weight is 367 g/mol. The number of aliphatic hydroxyl groups excluding tert-OH is 2. The minimum absolute atomic E-state index is 0.00938. The standard InChI is InChI=1S/C11H13Br2NO3/c1-6(15)14-5-10(16)11(17)8-4-7(12)2-3-9(8)13/h2-4,10-11,16-17H,5H2,1H3,(H,14,15). The van der Waals surface area contributed by atoms with E-state index in [0.29, 0.717) is 10.0 Å². The van der Waals surface area contributed by atoms with E-state index in [1.165, 1.54) is 6.92 Å². The normalized spacial score (nSPS) is 14.2. The maximum absolute atomic E-state index is 10.7. The molecule has 1 aromatic rings. The van der Waals surface area contributed by atoms with Gasteiger partial charge in [0.25, 0.3) is 0 Å². The summed E-state index contributed by atoms with van der Waals surface area (Å²) >= 11 is 6.59. The summed E-state index contributed by atoms with van der Waals surface area (Å²) in [6, 6.07) is 5.31. The fourth-order valence-electron chi connectivity index (χ4n) is 1.31. The first kappa shape index (κ1) is 14.6. The lowest BCUT2D eigenvalue weighted by Gasteiger charge is -2.19. The molecule has 0 aliphatic rings. The minimum atomic E-state index is -1.06. The first-order chi connectivity index (χ1) is 7.91. The van der Waals surface area contributed by atoms with Crippen molar-refractivity contribution in [2.75, 3.05) is 6.54 Å². The number of carbonyl (C=O) groups is 1. The van der Waals surface area contributed by atoms with Crippen LogP contribution in [0.3, 0.4) is 0 Å². The molecule has 0 aromatic heterocycles. The molecule has 0 saturated heterocycles. The van der Waals surface area contributed by atoms with Gasteiger partial charge in [-0.15, -0.1) is 0 Å². The molecule has 3 N–H and O–H groups in total. The van der Waals surface area contributed by atoms with Gasteiger partial charge in [0.2, 0.25) is 5.91 Å². The molecule has 0 fully saturated rings. The molecule has 1 amide bonds. The molecule has 94 valence electrons. The summed E-state index contributed by atoms with van der Waals surface area (Å²) in [6.45, 7) is 1.36. The van der Waals surface area contributed by atoms with Crippen molar-refractivity contribution < 1.29 is 15.0 Å². The van der Waals surface area contributed by atoms with Crippen LogP contribution in [0.25, 0.3) is 0 Å². The smallest absolute Gasteiger partial charge is 0.216 e. The Balaban J connectivity index is 2.77. The van der Waals surface area contributed by atoms with Crippen LogP contribution in [-0.2, 0) is 4.79 Å². The lowest BCUT2D eigenvalue weighted by molar-refractivity contribution is -0.119. The number of nitrogens with one attached hydrogen (secondary N) is 1. The van der Waals surface area contributed by atoms with Gasteiger partial charge in [0.1, 0.15) is 12.2 Å². The summed E-state index contributed by atoms with van der Waals surface area (Å²) in [5, 5.41) is 22.1. The average Bonchev–Trinajstić information content (AvgIpc) is 2.28. The lowest BCUT2D eigenvalue weighted by Crippen LogP contribution is -2.34. The zero-order chi connectivity index (χ0) is 13.0. The minimum Gasteiger partial charge on any atom is -0.388 e. The van der Waals surface area contributed by atoms with Gasteiger partial charge in [-0.1, -0.05) is 31.9 Å². The van der Waals surface area contributed by atoms with E-state index in [4.69, 9.17) is 0 Å². The molecule has 0 aliphatic carbocycles. The summed E-state index contributed by atoms with van der Waals surface area (Å²) in [5.74, 6) is -0.246. The molecule has 1 rings (SSSR count). The highest BCUT2D eigenvalue weighted by atomic mass is 79.9. The highest BCUT2D eigenvalue weighted by molar-refractivity contribution is 9.11. The van der Waals surface area contributed by atoms with Crippen molar-refractivity contribution in [2.45, 2.75) is 19.1 Å². The second-order valence-electron chi connectivity index (χ2n) is 3.62. The van der Waals surface area contributed by atoms with Crippen molar-refractivity contribution in [1.29, 1.82) is 0 Å². The Morgan fingerprint density at radius 1 is 1.41 bits per heavy atom. The number of hydrogen-bond donors (Lipinski definition) is 3. The number of rotatable bonds is 4. The van der Waals surface area contributed by atoms with Crippen LogP contribution in [0.15, 0.2) is 27.1 Å². The monoisotopic (exact) mass is 365 g/mol. The second-order valence-corrected chi connectivity index (χ2v) is 5.39. The summed E-state index contributed by atoms with van der Waals surface area (Å²) < 4.78 is 1.51. The molecule has 0 bridgehead atoms. The van der Waals surface area contributed by atoms with Gasteiger partial charge < -0.3 is 15.5 Å². The predicted octanol–water partition coefficient (Wildman–Crippen LogP) is 1.74. The third-order valence-corrected chi connectivity index (χ3v) is 3.42. The Labute approximate surface area is 116 Å². The molecular formula is C11H13Br2NO3. The van der Waals surface area contributed by atoms with Crippen molar-refractivity contribution in [1.82, 2.24) is 5.32 Å². The van der Waals surface area contributed by atoms with Gasteiger partial charge in [0, 0.05) is 22.4 Å². The third kappa shape index (κ3) is 4.39. The maximum atomic E-state index is 10.7. The topological polar surface area (TPSA) is 69.6 Å². The number of halogens is 2.